The molecule has 1 N–H and O–H groups in total. The van der Waals surface area contributed by atoms with Crippen LogP contribution in [0.2, 0.25) is 0 Å². The Kier molecular flexibility index (Phi) is 7.16. The van der Waals surface area contributed by atoms with Gasteiger partial charge in [0, 0.05) is 12.0 Å². The lowest BCUT2D eigenvalue weighted by atomic mass is 9.88. The fourth-order valence-electron chi connectivity index (χ4n) is 1.19. The minimum Gasteiger partial charge on any atom is -0.481 e. The second-order valence-corrected chi connectivity index (χ2v) is 8.37. The highest BCUT2D eigenvalue weighted by Gasteiger charge is 2.25. The molecule has 0 aromatic rings. The normalized spacial score (nSPS) is 12.6. The van der Waals surface area contributed by atoms with Gasteiger partial charge in [0.1, 0.15) is 9.84 Å². The Morgan fingerprint density at radius 1 is 1.24 bits per heavy atom. The monoisotopic (exact) mass is 282 g/mol. The van der Waals surface area contributed by atoms with Crippen molar-refractivity contribution in [3.8, 4) is 0 Å². The molecule has 0 atom stereocenters. The van der Waals surface area contributed by atoms with Gasteiger partial charge in [0.25, 0.3) is 0 Å². The van der Waals surface area contributed by atoms with Crippen LogP contribution in [0.15, 0.2) is 0 Å². The molecule has 0 unspecified atom stereocenters. The summed E-state index contributed by atoms with van der Waals surface area (Å²) in [5.41, 5.74) is -0.655. The van der Waals surface area contributed by atoms with E-state index in [4.69, 9.17) is 5.11 Å². The average molecular weight is 282 g/mol. The van der Waals surface area contributed by atoms with E-state index < -0.39 is 21.2 Å². The Bertz CT molecular complexity index is 333. The first-order chi connectivity index (χ1) is 7.65. The lowest BCUT2D eigenvalue weighted by Gasteiger charge is -2.18. The molecule has 4 nitrogen and oxygen atoms in total. The van der Waals surface area contributed by atoms with Gasteiger partial charge in [-0.25, -0.2) is 8.42 Å². The van der Waals surface area contributed by atoms with E-state index in [1.807, 2.05) is 0 Å². The van der Waals surface area contributed by atoms with Crippen molar-refractivity contribution in [1.82, 2.24) is 0 Å². The fourth-order valence-corrected chi connectivity index (χ4v) is 3.49. The molecular formula is C11H22O4S2. The van der Waals surface area contributed by atoms with Crippen LogP contribution < -0.4 is 0 Å². The van der Waals surface area contributed by atoms with E-state index in [0.29, 0.717) is 12.2 Å². The van der Waals surface area contributed by atoms with Gasteiger partial charge >= 0.3 is 5.97 Å². The molecule has 0 aliphatic carbocycles. The number of carbonyl (C=O) groups is 1. The Hall–Kier alpha value is -0.230. The zero-order valence-electron chi connectivity index (χ0n) is 10.7. The summed E-state index contributed by atoms with van der Waals surface area (Å²) in [6.07, 6.45) is 3.70. The SMILES string of the molecule is CC(C)(CCCCSCCS(C)(=O)=O)C(=O)O. The molecule has 0 spiro atoms. The van der Waals surface area contributed by atoms with E-state index in [2.05, 4.69) is 0 Å². The molecule has 0 aliphatic heterocycles. The van der Waals surface area contributed by atoms with Crippen LogP contribution >= 0.6 is 11.8 Å². The minimum absolute atomic E-state index is 0.221. The lowest BCUT2D eigenvalue weighted by molar-refractivity contribution is -0.147. The Labute approximate surface area is 108 Å². The summed E-state index contributed by atoms with van der Waals surface area (Å²) in [7, 11) is -2.85. The van der Waals surface area contributed by atoms with Gasteiger partial charge in [0.15, 0.2) is 0 Å². The van der Waals surface area contributed by atoms with Crippen molar-refractivity contribution in [2.75, 3.05) is 23.5 Å². The molecule has 0 fully saturated rings. The molecule has 0 saturated carbocycles. The van der Waals surface area contributed by atoms with Crippen LogP contribution in [-0.4, -0.2) is 43.0 Å². The van der Waals surface area contributed by atoms with Gasteiger partial charge in [-0.05, 0) is 32.4 Å². The second-order valence-electron chi connectivity index (χ2n) is 4.89. The highest BCUT2D eigenvalue weighted by molar-refractivity contribution is 8.00. The highest BCUT2D eigenvalue weighted by atomic mass is 32.2. The van der Waals surface area contributed by atoms with Crippen LogP contribution in [0.5, 0.6) is 0 Å². The summed E-state index contributed by atoms with van der Waals surface area (Å²) < 4.78 is 21.7. The summed E-state index contributed by atoms with van der Waals surface area (Å²) in [4.78, 5) is 10.8. The molecule has 17 heavy (non-hydrogen) atoms. The molecule has 0 aliphatic rings. The van der Waals surface area contributed by atoms with Crippen molar-refractivity contribution in [2.24, 2.45) is 5.41 Å². The van der Waals surface area contributed by atoms with Crippen molar-refractivity contribution < 1.29 is 18.3 Å². The molecule has 0 bridgehead atoms. The van der Waals surface area contributed by atoms with E-state index in [-0.39, 0.29) is 5.75 Å². The maximum absolute atomic E-state index is 10.8. The van der Waals surface area contributed by atoms with Crippen LogP contribution in [0.4, 0.5) is 0 Å². The van der Waals surface area contributed by atoms with Crippen LogP contribution in [0.25, 0.3) is 0 Å². The van der Waals surface area contributed by atoms with E-state index in [1.165, 1.54) is 6.26 Å². The highest BCUT2D eigenvalue weighted by Crippen LogP contribution is 2.23. The van der Waals surface area contributed by atoms with Crippen LogP contribution in [0.1, 0.15) is 33.1 Å². The number of sulfone groups is 1. The molecule has 102 valence electrons. The van der Waals surface area contributed by atoms with Crippen molar-refractivity contribution in [3.63, 3.8) is 0 Å². The Morgan fingerprint density at radius 3 is 2.29 bits per heavy atom. The topological polar surface area (TPSA) is 71.4 Å². The van der Waals surface area contributed by atoms with Gasteiger partial charge in [-0.3, -0.25) is 4.79 Å². The third kappa shape index (κ3) is 9.47. The van der Waals surface area contributed by atoms with Gasteiger partial charge < -0.3 is 5.11 Å². The lowest BCUT2D eigenvalue weighted by Crippen LogP contribution is -2.23. The number of unbranched alkanes of at least 4 members (excludes halogenated alkanes) is 1. The predicted octanol–water partition coefficient (Wildman–Crippen LogP) is 2.05. The first-order valence-corrected chi connectivity index (χ1v) is 8.85. The number of hydrogen-bond donors (Lipinski definition) is 1. The van der Waals surface area contributed by atoms with E-state index in [9.17, 15) is 13.2 Å². The molecule has 0 amide bonds. The van der Waals surface area contributed by atoms with E-state index >= 15 is 0 Å². The molecule has 6 heteroatoms. The van der Waals surface area contributed by atoms with Gasteiger partial charge in [-0.1, -0.05) is 6.42 Å². The van der Waals surface area contributed by atoms with Gasteiger partial charge in [0.05, 0.1) is 11.2 Å². The van der Waals surface area contributed by atoms with Crippen LogP contribution in [0, 0.1) is 5.41 Å². The van der Waals surface area contributed by atoms with Crippen molar-refractivity contribution >= 4 is 27.6 Å². The summed E-state index contributed by atoms with van der Waals surface area (Å²) in [5.74, 6) is 0.979. The fraction of sp³-hybridized carbons (Fsp3) is 0.909. The van der Waals surface area contributed by atoms with Gasteiger partial charge in [0.2, 0.25) is 0 Å². The predicted molar refractivity (Wildman–Crippen MR) is 72.3 cm³/mol. The number of aliphatic carboxylic acids is 1. The van der Waals surface area contributed by atoms with Gasteiger partial charge in [-0.2, -0.15) is 11.8 Å². The van der Waals surface area contributed by atoms with Crippen molar-refractivity contribution in [3.05, 3.63) is 0 Å². The van der Waals surface area contributed by atoms with Crippen LogP contribution in [0.3, 0.4) is 0 Å². The summed E-state index contributed by atoms with van der Waals surface area (Å²) in [6.45, 7) is 3.46. The maximum Gasteiger partial charge on any atom is 0.309 e. The largest absolute Gasteiger partial charge is 0.481 e. The van der Waals surface area contributed by atoms with Crippen LogP contribution in [-0.2, 0) is 14.6 Å². The molecule has 0 aromatic heterocycles. The molecule has 0 radical (unpaired) electrons. The number of hydrogen-bond acceptors (Lipinski definition) is 4. The van der Waals surface area contributed by atoms with E-state index in [1.54, 1.807) is 25.6 Å². The first-order valence-electron chi connectivity index (χ1n) is 5.64. The minimum atomic E-state index is -2.85. The molecule has 0 rings (SSSR count). The average Bonchev–Trinajstić information content (AvgIpc) is 2.14. The quantitative estimate of drug-likeness (QED) is 0.655. The number of rotatable bonds is 9. The van der Waals surface area contributed by atoms with Gasteiger partial charge in [-0.15, -0.1) is 0 Å². The molecular weight excluding hydrogens is 260 g/mol. The van der Waals surface area contributed by atoms with E-state index in [0.717, 1.165) is 18.6 Å². The standard InChI is InChI=1S/C11H22O4S2/c1-11(2,10(12)13)6-4-5-7-16-8-9-17(3,14)15/h4-9H2,1-3H3,(H,12,13). The smallest absolute Gasteiger partial charge is 0.309 e. The Balaban J connectivity index is 3.51. The molecule has 0 heterocycles. The zero-order valence-corrected chi connectivity index (χ0v) is 12.4. The zero-order chi connectivity index (χ0) is 13.5. The number of carboxylic acids is 1. The third-order valence-electron chi connectivity index (χ3n) is 2.52. The first kappa shape index (κ1) is 16.8. The molecule has 0 aromatic carbocycles. The second kappa shape index (κ2) is 7.26. The summed E-state index contributed by atoms with van der Waals surface area (Å²) in [5, 5.41) is 8.90. The summed E-state index contributed by atoms with van der Waals surface area (Å²) >= 11 is 1.61. The van der Waals surface area contributed by atoms with Crippen molar-refractivity contribution in [2.45, 2.75) is 33.1 Å². The summed E-state index contributed by atoms with van der Waals surface area (Å²) in [6, 6.07) is 0. The number of thioether (sulfide) groups is 1. The maximum atomic E-state index is 10.8. The Morgan fingerprint density at radius 2 is 1.82 bits per heavy atom. The van der Waals surface area contributed by atoms with Crippen molar-refractivity contribution in [1.29, 1.82) is 0 Å². The molecule has 0 saturated heterocycles. The third-order valence-corrected chi connectivity index (χ3v) is 4.79. The number of carboxylic acid groups (broad SMARTS) is 1.